The molecule has 0 saturated heterocycles. The summed E-state index contributed by atoms with van der Waals surface area (Å²) in [5.41, 5.74) is -1.71. The van der Waals surface area contributed by atoms with Crippen molar-refractivity contribution in [2.45, 2.75) is 38.9 Å². The Hall–Kier alpha value is -1.82. The van der Waals surface area contributed by atoms with Crippen LogP contribution in [-0.4, -0.2) is 24.4 Å². The third-order valence-corrected chi connectivity index (χ3v) is 5.47. The summed E-state index contributed by atoms with van der Waals surface area (Å²) in [4.78, 5) is 12.3. The molecule has 0 bridgehead atoms. The predicted molar refractivity (Wildman–Crippen MR) is 93.6 cm³/mol. The maximum absolute atomic E-state index is 14.0. The fourth-order valence-electron chi connectivity index (χ4n) is 2.99. The largest absolute Gasteiger partial charge is 0.573 e. The van der Waals surface area contributed by atoms with Gasteiger partial charge in [-0.25, -0.2) is 4.39 Å². The molecule has 1 aromatic carbocycles. The smallest absolute Gasteiger partial charge is 0.460 e. The summed E-state index contributed by atoms with van der Waals surface area (Å²) in [5.74, 6) is -10.9. The monoisotopic (exact) mass is 518 g/mol. The molecule has 0 N–H and O–H groups in total. The summed E-state index contributed by atoms with van der Waals surface area (Å²) >= 11 is 10.6. The highest BCUT2D eigenvalue weighted by molar-refractivity contribution is 6.31. The van der Waals surface area contributed by atoms with Gasteiger partial charge in [-0.3, -0.25) is 4.79 Å². The van der Waals surface area contributed by atoms with Crippen LogP contribution in [0.5, 0.6) is 5.75 Å². The van der Waals surface area contributed by atoms with Crippen LogP contribution in [0.3, 0.4) is 0 Å². The minimum Gasteiger partial charge on any atom is -0.460 e. The Kier molecular flexibility index (Phi) is 7.03. The first-order valence-corrected chi connectivity index (χ1v) is 9.27. The molecule has 2 atom stereocenters. The highest BCUT2D eigenvalue weighted by atomic mass is 35.5. The first-order valence-electron chi connectivity index (χ1n) is 8.51. The first-order chi connectivity index (χ1) is 14.3. The Bertz CT molecular complexity index is 923. The summed E-state index contributed by atoms with van der Waals surface area (Å²) in [6.07, 6.45) is -10.7. The molecule has 32 heavy (non-hydrogen) atoms. The Morgan fingerprint density at radius 1 is 1.12 bits per heavy atom. The van der Waals surface area contributed by atoms with Gasteiger partial charge in [0.1, 0.15) is 18.2 Å². The lowest BCUT2D eigenvalue weighted by Crippen LogP contribution is -2.36. The van der Waals surface area contributed by atoms with E-state index in [-0.39, 0.29) is 0 Å². The number of hydrogen-bond donors (Lipinski definition) is 0. The van der Waals surface area contributed by atoms with Crippen LogP contribution in [0, 0.1) is 23.1 Å². The van der Waals surface area contributed by atoms with E-state index in [0.717, 1.165) is 0 Å². The quantitative estimate of drug-likeness (QED) is 0.300. The highest BCUT2D eigenvalue weighted by Crippen LogP contribution is 2.61. The van der Waals surface area contributed by atoms with Gasteiger partial charge in [0.25, 0.3) is 0 Å². The highest BCUT2D eigenvalue weighted by Gasteiger charge is 2.65. The summed E-state index contributed by atoms with van der Waals surface area (Å²) in [5, 5.41) is -2.58. The molecule has 1 saturated carbocycles. The van der Waals surface area contributed by atoms with Crippen molar-refractivity contribution in [3.8, 4) is 5.75 Å². The molecular formula is C18H13Cl2F9O3. The zero-order valence-corrected chi connectivity index (χ0v) is 17.5. The number of benzene rings is 1. The molecule has 14 heteroatoms. The number of carbonyl (C=O) groups is 1. The van der Waals surface area contributed by atoms with Crippen LogP contribution < -0.4 is 4.74 Å². The summed E-state index contributed by atoms with van der Waals surface area (Å²) in [6.45, 7) is 1.82. The van der Waals surface area contributed by atoms with Crippen LogP contribution in [0.15, 0.2) is 23.2 Å². The maximum Gasteiger partial charge on any atom is 0.573 e. The Labute approximate surface area is 185 Å². The normalized spacial score (nSPS) is 21.3. The maximum atomic E-state index is 14.0. The van der Waals surface area contributed by atoms with Crippen molar-refractivity contribution in [1.29, 1.82) is 0 Å². The molecule has 0 aliphatic heterocycles. The molecule has 1 aliphatic rings. The minimum atomic E-state index is -5.95. The van der Waals surface area contributed by atoms with Gasteiger partial charge in [-0.15, -0.1) is 13.2 Å². The second-order valence-corrected chi connectivity index (χ2v) is 8.26. The van der Waals surface area contributed by atoms with Crippen LogP contribution in [0.25, 0.3) is 0 Å². The van der Waals surface area contributed by atoms with Crippen molar-refractivity contribution in [2.75, 3.05) is 0 Å². The average Bonchev–Trinajstić information content (AvgIpc) is 3.14. The van der Waals surface area contributed by atoms with Crippen molar-refractivity contribution in [1.82, 2.24) is 0 Å². The topological polar surface area (TPSA) is 35.5 Å². The molecular weight excluding hydrogens is 506 g/mol. The molecule has 0 radical (unpaired) electrons. The van der Waals surface area contributed by atoms with Crippen molar-refractivity contribution in [3.63, 3.8) is 0 Å². The number of carbonyl (C=O) groups excluding carboxylic acids is 1. The molecule has 1 aliphatic carbocycles. The van der Waals surface area contributed by atoms with E-state index in [1.54, 1.807) is 0 Å². The SMILES string of the molecule is CC1(C)C(C=C(Cl)C(F)(F)C(F)(F)F)C1C(=O)OCc1cc(OC(F)(F)F)cc(Cl)c1F. The van der Waals surface area contributed by atoms with Gasteiger partial charge in [0, 0.05) is 11.6 Å². The molecule has 1 aromatic rings. The second kappa shape index (κ2) is 8.51. The van der Waals surface area contributed by atoms with Crippen molar-refractivity contribution in [2.24, 2.45) is 17.3 Å². The molecule has 180 valence electrons. The number of rotatable bonds is 6. The molecule has 0 heterocycles. The number of esters is 1. The van der Waals surface area contributed by atoms with Gasteiger partial charge < -0.3 is 9.47 Å². The standard InChI is InChI=1S/C18H13Cl2F9O3/c1-15(2)9(5-11(20)16(22,23)17(24,25)26)12(15)14(30)31-6-7-3-8(32-18(27,28)29)4-10(19)13(7)21/h3-5,9,12H,6H2,1-2H3. The van der Waals surface area contributed by atoms with Gasteiger partial charge in [-0.1, -0.05) is 43.1 Å². The van der Waals surface area contributed by atoms with Gasteiger partial charge in [-0.05, 0) is 17.4 Å². The van der Waals surface area contributed by atoms with Crippen molar-refractivity contribution >= 4 is 29.2 Å². The molecule has 0 spiro atoms. The van der Waals surface area contributed by atoms with E-state index in [0.29, 0.717) is 18.2 Å². The Morgan fingerprint density at radius 2 is 1.69 bits per heavy atom. The molecule has 2 rings (SSSR count). The van der Waals surface area contributed by atoms with Gasteiger partial charge in [-0.2, -0.15) is 22.0 Å². The Morgan fingerprint density at radius 3 is 2.19 bits per heavy atom. The van der Waals surface area contributed by atoms with Gasteiger partial charge in [0.05, 0.1) is 16.0 Å². The van der Waals surface area contributed by atoms with Crippen LogP contribution in [0.1, 0.15) is 19.4 Å². The molecule has 3 nitrogen and oxygen atoms in total. The van der Waals surface area contributed by atoms with Crippen molar-refractivity contribution < 1.29 is 53.8 Å². The van der Waals surface area contributed by atoms with E-state index >= 15 is 0 Å². The lowest BCUT2D eigenvalue weighted by Gasteiger charge is -2.18. The third kappa shape index (κ3) is 5.56. The predicted octanol–water partition coefficient (Wildman–Crippen LogP) is 7.01. The second-order valence-electron chi connectivity index (χ2n) is 7.45. The lowest BCUT2D eigenvalue weighted by molar-refractivity contribution is -0.274. The van der Waals surface area contributed by atoms with Crippen LogP contribution in [-0.2, 0) is 16.1 Å². The Balaban J connectivity index is 2.15. The number of ether oxygens (including phenoxy) is 2. The summed E-state index contributed by atoms with van der Waals surface area (Å²) in [7, 11) is 0. The fraction of sp³-hybridized carbons (Fsp3) is 0.500. The molecule has 1 fully saturated rings. The average molecular weight is 519 g/mol. The van der Waals surface area contributed by atoms with Gasteiger partial charge in [0.2, 0.25) is 0 Å². The van der Waals surface area contributed by atoms with E-state index in [9.17, 15) is 44.3 Å². The molecule has 2 unspecified atom stereocenters. The van der Waals surface area contributed by atoms with Crippen LogP contribution in [0.2, 0.25) is 5.02 Å². The number of allylic oxidation sites excluding steroid dienone is 2. The van der Waals surface area contributed by atoms with E-state index in [1.165, 1.54) is 13.8 Å². The minimum absolute atomic E-state index is 0.399. The number of alkyl halides is 8. The summed E-state index contributed by atoms with van der Waals surface area (Å²) < 4.78 is 123. The summed E-state index contributed by atoms with van der Waals surface area (Å²) in [6, 6.07) is 1.13. The van der Waals surface area contributed by atoms with Crippen molar-refractivity contribution in [3.05, 3.63) is 39.6 Å². The zero-order valence-electron chi connectivity index (χ0n) is 16.0. The number of hydrogen-bond acceptors (Lipinski definition) is 3. The van der Waals surface area contributed by atoms with E-state index in [2.05, 4.69) is 4.74 Å². The van der Waals surface area contributed by atoms with Crippen LogP contribution >= 0.6 is 23.2 Å². The van der Waals surface area contributed by atoms with E-state index < -0.39 is 75.5 Å². The number of halogens is 11. The fourth-order valence-corrected chi connectivity index (χ4v) is 3.46. The van der Waals surface area contributed by atoms with E-state index in [1.807, 2.05) is 0 Å². The first kappa shape index (κ1) is 26.4. The third-order valence-electron chi connectivity index (χ3n) is 4.83. The van der Waals surface area contributed by atoms with E-state index in [4.69, 9.17) is 27.9 Å². The molecule has 0 aromatic heterocycles. The van der Waals surface area contributed by atoms with Gasteiger partial charge in [0.15, 0.2) is 0 Å². The van der Waals surface area contributed by atoms with Gasteiger partial charge >= 0.3 is 24.4 Å². The lowest BCUT2D eigenvalue weighted by atomic mass is 10.1. The molecule has 0 amide bonds. The zero-order chi connectivity index (χ0) is 24.9. The van der Waals surface area contributed by atoms with Crippen LogP contribution in [0.4, 0.5) is 39.5 Å².